The summed E-state index contributed by atoms with van der Waals surface area (Å²) in [4.78, 5) is 65.5. The molecule has 0 unspecified atom stereocenters. The fraction of sp³-hybridized carbons (Fsp3) is 0.280. The SMILES string of the molecule is CCOC(=O)c1cnn(C)c1N=Nc1c(C)nn(-c2cc(-n3nc(C)c(N=Nc4c(C(C)=O)cnn4C)c3N)ncn2)c1N.CNc1c(N=Nc2c(C(=O)CO)cnn2C)c(C)nn1-c1cc(O)nc(-n2cc(N=Nc3c(C(=O)OC)cnn3C)c(C)n2)n1. The lowest BCUT2D eigenvalue weighted by molar-refractivity contribution is 0.0525. The number of hydrogen-bond donors (Lipinski definition) is 5. The first-order chi connectivity index (χ1) is 42.6. The minimum atomic E-state index is -0.701. The van der Waals surface area contributed by atoms with Crippen molar-refractivity contribution in [1.82, 2.24) is 98.2 Å². The maximum absolute atomic E-state index is 12.3. The number of azo groups is 4. The maximum Gasteiger partial charge on any atom is 0.343 e. The second-order valence-electron chi connectivity index (χ2n) is 18.7. The van der Waals surface area contributed by atoms with Crippen molar-refractivity contribution in [3.05, 3.63) is 94.5 Å². The molecule has 0 fully saturated rings. The van der Waals surface area contributed by atoms with Gasteiger partial charge in [-0.15, -0.1) is 40.9 Å². The van der Waals surface area contributed by atoms with Crippen LogP contribution in [0, 0.1) is 27.7 Å². The highest BCUT2D eigenvalue weighted by atomic mass is 16.5. The number of nitrogens with one attached hydrogen (secondary N) is 1. The number of methoxy groups -OCH3 is 1. The van der Waals surface area contributed by atoms with Gasteiger partial charge in [-0.25, -0.2) is 43.0 Å². The van der Waals surface area contributed by atoms with E-state index in [4.69, 9.17) is 20.9 Å². The number of hydrogen-bond acceptors (Lipinski definition) is 31. The van der Waals surface area contributed by atoms with Crippen LogP contribution in [0.4, 0.5) is 63.5 Å². The van der Waals surface area contributed by atoms with Crippen LogP contribution in [0.3, 0.4) is 0 Å². The number of esters is 2. The van der Waals surface area contributed by atoms with E-state index in [2.05, 4.69) is 107 Å². The molecular weight excluding hydrogens is 1160 g/mol. The van der Waals surface area contributed by atoms with Crippen molar-refractivity contribution in [3.8, 4) is 29.3 Å². The molecule has 10 heterocycles. The topological polar surface area (TPSA) is 484 Å². The number of rotatable bonds is 19. The molecule has 10 rings (SSSR count). The molecule has 0 saturated heterocycles. The summed E-state index contributed by atoms with van der Waals surface area (Å²) >= 11 is 0. The predicted molar refractivity (Wildman–Crippen MR) is 310 cm³/mol. The monoisotopic (exact) mass is 1220 g/mol. The number of nitrogens with zero attached hydrogens (tertiary/aromatic N) is 28. The Morgan fingerprint density at radius 1 is 0.596 bits per heavy atom. The van der Waals surface area contributed by atoms with Crippen molar-refractivity contribution in [1.29, 1.82) is 0 Å². The van der Waals surface area contributed by atoms with Crippen molar-refractivity contribution in [2.45, 2.75) is 41.5 Å². The quantitative estimate of drug-likeness (QED) is 0.0364. The van der Waals surface area contributed by atoms with E-state index in [1.807, 2.05) is 0 Å². The molecule has 0 atom stereocenters. The molecule has 0 amide bonds. The van der Waals surface area contributed by atoms with Gasteiger partial charge in [-0.1, -0.05) is 0 Å². The van der Waals surface area contributed by atoms with Crippen LogP contribution in [0.15, 0.2) is 90.4 Å². The van der Waals surface area contributed by atoms with E-state index in [0.29, 0.717) is 57.2 Å². The van der Waals surface area contributed by atoms with Crippen LogP contribution >= 0.6 is 0 Å². The van der Waals surface area contributed by atoms with Crippen LogP contribution in [0.25, 0.3) is 23.4 Å². The lowest BCUT2D eigenvalue weighted by Gasteiger charge is -2.08. The molecule has 0 aliphatic carbocycles. The molecule has 0 saturated carbocycles. The third-order valence-electron chi connectivity index (χ3n) is 12.8. The molecule has 0 spiro atoms. The zero-order valence-electron chi connectivity index (χ0n) is 49.6. The molecule has 10 aromatic rings. The van der Waals surface area contributed by atoms with Crippen LogP contribution < -0.4 is 16.8 Å². The van der Waals surface area contributed by atoms with Crippen molar-refractivity contribution in [2.24, 2.45) is 69.1 Å². The number of nitrogen functional groups attached to an aromatic ring is 2. The minimum absolute atomic E-state index is 0.00856. The van der Waals surface area contributed by atoms with Gasteiger partial charge in [-0.05, 0) is 41.5 Å². The first-order valence-electron chi connectivity index (χ1n) is 26.2. The van der Waals surface area contributed by atoms with E-state index in [1.54, 1.807) is 75.9 Å². The lowest BCUT2D eigenvalue weighted by atomic mass is 10.2. The third-order valence-corrected chi connectivity index (χ3v) is 12.8. The Balaban J connectivity index is 0.000000211. The van der Waals surface area contributed by atoms with Crippen LogP contribution in [0.5, 0.6) is 5.88 Å². The summed E-state index contributed by atoms with van der Waals surface area (Å²) in [6.45, 7) is 9.41. The van der Waals surface area contributed by atoms with Crippen LogP contribution in [0.2, 0.25) is 0 Å². The molecule has 0 aliphatic rings. The molecule has 10 aromatic heterocycles. The molecule has 0 radical (unpaired) electrons. The van der Waals surface area contributed by atoms with Crippen LogP contribution in [-0.2, 0) is 37.7 Å². The zero-order chi connectivity index (χ0) is 64.1. The summed E-state index contributed by atoms with van der Waals surface area (Å²) in [5.41, 5.74) is 16.6. The number of ether oxygens (including phenoxy) is 2. The van der Waals surface area contributed by atoms with Crippen molar-refractivity contribution in [3.63, 3.8) is 0 Å². The van der Waals surface area contributed by atoms with Gasteiger partial charge < -0.3 is 36.5 Å². The number of carbonyl (C=O) groups is 4. The standard InChI is InChI=1S/C25H28N16O3.C25H27N15O5/c1-7-44-25(43)16-10-31-39(6)24(16)35-33-20-13(3)37-41(22(20)27)18-8-17(28-11-29-18)40-21(26)19(12(2)36-40)32-34-23-15(14(4)42)9-30-38(23)5;1-12-16(31-33-22-15(24(44)45-6)9-28-38(22)5)10-39(35-12)25-29-18(7-19(43)30-25)40-23(26-3)20(13(2)36-40)32-34-21-14(17(42)11-41)8-27-37(21)4/h8-11H,7,26-27H2,1-6H3;7-10,26,41H,11H2,1-6H3,(H,29,30,43). The fourth-order valence-corrected chi connectivity index (χ4v) is 8.27. The number of aliphatic hydroxyl groups excluding tert-OH is 1. The summed E-state index contributed by atoms with van der Waals surface area (Å²) in [5.74, 6) is -0.0979. The summed E-state index contributed by atoms with van der Waals surface area (Å²) in [7, 11) is 9.36. The number of carbonyl (C=O) groups excluding carboxylic acids is 4. The summed E-state index contributed by atoms with van der Waals surface area (Å²) in [6, 6.07) is 2.87. The average Bonchev–Trinajstić information content (AvgIpc) is 2.00. The molecule has 89 heavy (non-hydrogen) atoms. The Kier molecular flexibility index (Phi) is 17.5. The van der Waals surface area contributed by atoms with E-state index >= 15 is 0 Å². The highest BCUT2D eigenvalue weighted by Crippen LogP contribution is 2.36. The second kappa shape index (κ2) is 25.5. The minimum Gasteiger partial charge on any atom is -0.493 e. The van der Waals surface area contributed by atoms with E-state index in [-0.39, 0.29) is 93.0 Å². The molecule has 39 heteroatoms. The van der Waals surface area contributed by atoms with Gasteiger partial charge in [0.2, 0.25) is 5.88 Å². The number of aromatic hydroxyl groups is 1. The Labute approximate surface area is 501 Å². The Bertz CT molecular complexity index is 4500. The highest BCUT2D eigenvalue weighted by molar-refractivity contribution is 6.00. The third kappa shape index (κ3) is 12.3. The molecule has 0 aliphatic heterocycles. The number of ketones is 2. The van der Waals surface area contributed by atoms with Gasteiger partial charge in [0.05, 0.1) is 78.6 Å². The Morgan fingerprint density at radius 3 is 1.58 bits per heavy atom. The van der Waals surface area contributed by atoms with E-state index in [0.717, 1.165) is 0 Å². The Hall–Kier alpha value is -12.3. The molecule has 7 N–H and O–H groups in total. The first kappa shape index (κ1) is 61.2. The van der Waals surface area contributed by atoms with Crippen molar-refractivity contribution in [2.75, 3.05) is 44.2 Å². The van der Waals surface area contributed by atoms with Crippen molar-refractivity contribution < 1.29 is 38.9 Å². The predicted octanol–water partition coefficient (Wildman–Crippen LogP) is 5.78. The second-order valence-corrected chi connectivity index (χ2v) is 18.7. The van der Waals surface area contributed by atoms with E-state index < -0.39 is 24.3 Å². The van der Waals surface area contributed by atoms with Crippen LogP contribution in [-0.4, -0.2) is 159 Å². The van der Waals surface area contributed by atoms with Gasteiger partial charge in [-0.2, -0.15) is 64.8 Å². The number of aromatic nitrogens is 20. The van der Waals surface area contributed by atoms with E-state index in [9.17, 15) is 29.4 Å². The van der Waals surface area contributed by atoms with Gasteiger partial charge in [-0.3, -0.25) is 9.59 Å². The summed E-state index contributed by atoms with van der Waals surface area (Å²) in [5, 5.41) is 90.5. The van der Waals surface area contributed by atoms with Gasteiger partial charge in [0, 0.05) is 47.4 Å². The fourth-order valence-electron chi connectivity index (χ4n) is 8.27. The Morgan fingerprint density at radius 2 is 1.07 bits per heavy atom. The van der Waals surface area contributed by atoms with Gasteiger partial charge in [0.1, 0.15) is 29.7 Å². The zero-order valence-corrected chi connectivity index (χ0v) is 49.6. The summed E-state index contributed by atoms with van der Waals surface area (Å²) in [6.07, 6.45) is 8.21. The van der Waals surface area contributed by atoms with Gasteiger partial charge >= 0.3 is 11.9 Å². The molecule has 458 valence electrons. The number of anilines is 3. The molecule has 39 nitrogen and oxygen atoms in total. The van der Waals surface area contributed by atoms with Gasteiger partial charge in [0.15, 0.2) is 86.8 Å². The number of nitrogens with two attached hydrogens (primary N) is 2. The highest BCUT2D eigenvalue weighted by Gasteiger charge is 2.25. The maximum atomic E-state index is 12.3. The van der Waals surface area contributed by atoms with Crippen LogP contribution in [0.1, 0.15) is 78.1 Å². The smallest absolute Gasteiger partial charge is 0.343 e. The number of aryl methyl sites for hydroxylation is 8. The first-order valence-corrected chi connectivity index (χ1v) is 26.2. The molecule has 0 bridgehead atoms. The number of Topliss-reactive ketones (excluding diaryl/α,β-unsaturated/α-hetero) is 2. The lowest BCUT2D eigenvalue weighted by Crippen LogP contribution is -2.09. The number of aliphatic hydroxyl groups is 1. The largest absolute Gasteiger partial charge is 0.493 e. The van der Waals surface area contributed by atoms with E-state index in [1.165, 1.54) is 94.9 Å². The van der Waals surface area contributed by atoms with Crippen molar-refractivity contribution >= 4 is 87.0 Å². The summed E-state index contributed by atoms with van der Waals surface area (Å²) < 4.78 is 20.8. The molecular formula is C50H55N31O8. The molecule has 0 aromatic carbocycles. The average molecular weight is 1220 g/mol. The van der Waals surface area contributed by atoms with Gasteiger partial charge in [0.25, 0.3) is 5.95 Å². The normalized spacial score (nSPS) is 11.7.